The fourth-order valence-corrected chi connectivity index (χ4v) is 2.08. The predicted octanol–water partition coefficient (Wildman–Crippen LogP) is 2.47. The number of nitrogens with zero attached hydrogens (tertiary/aromatic N) is 1. The van der Waals surface area contributed by atoms with Crippen LogP contribution >= 0.6 is 0 Å². The van der Waals surface area contributed by atoms with Crippen LogP contribution in [-0.4, -0.2) is 37.5 Å². The van der Waals surface area contributed by atoms with Gasteiger partial charge in [-0.25, -0.2) is 0 Å². The molecular weight excluding hydrogens is 254 g/mol. The molecule has 20 heavy (non-hydrogen) atoms. The summed E-state index contributed by atoms with van der Waals surface area (Å²) in [5.41, 5.74) is 0.649. The Labute approximate surface area is 117 Å². The largest absolute Gasteiger partial charge is 0.469 e. The number of benzene rings is 2. The third kappa shape index (κ3) is 2.96. The summed E-state index contributed by atoms with van der Waals surface area (Å²) in [6, 6.07) is 13.4. The van der Waals surface area contributed by atoms with Gasteiger partial charge >= 0.3 is 5.97 Å². The van der Waals surface area contributed by atoms with E-state index in [0.717, 1.165) is 10.8 Å². The van der Waals surface area contributed by atoms with E-state index in [9.17, 15) is 9.59 Å². The highest BCUT2D eigenvalue weighted by molar-refractivity contribution is 6.06. The summed E-state index contributed by atoms with van der Waals surface area (Å²) in [6.07, 6.45) is 0.198. The summed E-state index contributed by atoms with van der Waals surface area (Å²) in [7, 11) is 3.03. The van der Waals surface area contributed by atoms with Crippen molar-refractivity contribution in [3.63, 3.8) is 0 Å². The highest BCUT2D eigenvalue weighted by Crippen LogP contribution is 2.19. The van der Waals surface area contributed by atoms with Gasteiger partial charge in [0.15, 0.2) is 0 Å². The van der Waals surface area contributed by atoms with Crippen molar-refractivity contribution in [1.29, 1.82) is 0 Å². The number of ether oxygens (including phenoxy) is 1. The van der Waals surface area contributed by atoms with Gasteiger partial charge in [0.1, 0.15) is 0 Å². The molecule has 2 rings (SSSR count). The van der Waals surface area contributed by atoms with Crippen molar-refractivity contribution in [3.8, 4) is 0 Å². The number of esters is 1. The SMILES string of the molecule is COC(=O)CCN(C)C(=O)c1cccc2ccccc12. The maximum absolute atomic E-state index is 12.4. The highest BCUT2D eigenvalue weighted by atomic mass is 16.5. The fourth-order valence-electron chi connectivity index (χ4n) is 2.08. The van der Waals surface area contributed by atoms with Crippen LogP contribution in [0.15, 0.2) is 42.5 Å². The van der Waals surface area contributed by atoms with Crippen molar-refractivity contribution in [2.45, 2.75) is 6.42 Å². The van der Waals surface area contributed by atoms with Crippen LogP contribution in [0.4, 0.5) is 0 Å². The number of hydrogen-bond acceptors (Lipinski definition) is 3. The fraction of sp³-hybridized carbons (Fsp3) is 0.250. The molecule has 0 fully saturated rings. The molecule has 1 amide bonds. The number of fused-ring (bicyclic) bond motifs is 1. The zero-order valence-corrected chi connectivity index (χ0v) is 11.6. The molecule has 104 valence electrons. The van der Waals surface area contributed by atoms with E-state index in [1.165, 1.54) is 7.11 Å². The van der Waals surface area contributed by atoms with Crippen LogP contribution in [0.25, 0.3) is 10.8 Å². The van der Waals surface area contributed by atoms with E-state index >= 15 is 0 Å². The standard InChI is InChI=1S/C16H17NO3/c1-17(11-10-15(18)20-2)16(19)14-9-5-7-12-6-3-4-8-13(12)14/h3-9H,10-11H2,1-2H3. The average molecular weight is 271 g/mol. The van der Waals surface area contributed by atoms with Gasteiger partial charge in [0, 0.05) is 19.2 Å². The quantitative estimate of drug-likeness (QED) is 0.803. The van der Waals surface area contributed by atoms with Crippen molar-refractivity contribution in [3.05, 3.63) is 48.0 Å². The second-order valence-corrected chi connectivity index (χ2v) is 4.58. The van der Waals surface area contributed by atoms with Crippen molar-refractivity contribution < 1.29 is 14.3 Å². The Morgan fingerprint density at radius 2 is 1.80 bits per heavy atom. The normalized spacial score (nSPS) is 10.3. The van der Waals surface area contributed by atoms with E-state index in [4.69, 9.17) is 0 Å². The Morgan fingerprint density at radius 3 is 2.55 bits per heavy atom. The summed E-state index contributed by atoms with van der Waals surface area (Å²) in [4.78, 5) is 25.1. The maximum atomic E-state index is 12.4. The van der Waals surface area contributed by atoms with Crippen LogP contribution < -0.4 is 0 Å². The molecule has 0 heterocycles. The summed E-state index contributed by atoms with van der Waals surface area (Å²) in [5, 5.41) is 1.95. The number of amides is 1. The maximum Gasteiger partial charge on any atom is 0.307 e. The van der Waals surface area contributed by atoms with Gasteiger partial charge in [-0.2, -0.15) is 0 Å². The van der Waals surface area contributed by atoms with Gasteiger partial charge in [-0.15, -0.1) is 0 Å². The average Bonchev–Trinajstić information content (AvgIpc) is 2.50. The Hall–Kier alpha value is -2.36. The van der Waals surface area contributed by atoms with Crippen LogP contribution in [0.1, 0.15) is 16.8 Å². The number of carbonyl (C=O) groups is 2. The van der Waals surface area contributed by atoms with Crippen molar-refractivity contribution >= 4 is 22.6 Å². The molecule has 2 aromatic carbocycles. The molecule has 0 aliphatic rings. The van der Waals surface area contributed by atoms with Crippen LogP contribution in [0.2, 0.25) is 0 Å². The molecule has 0 saturated heterocycles. The van der Waals surface area contributed by atoms with Gasteiger partial charge in [0.05, 0.1) is 13.5 Å². The van der Waals surface area contributed by atoms with Crippen LogP contribution in [0.3, 0.4) is 0 Å². The lowest BCUT2D eigenvalue weighted by Gasteiger charge is -2.17. The summed E-state index contributed by atoms with van der Waals surface area (Å²) >= 11 is 0. The zero-order valence-electron chi connectivity index (χ0n) is 11.6. The summed E-state index contributed by atoms with van der Waals surface area (Å²) in [6.45, 7) is 0.342. The molecule has 0 saturated carbocycles. The van der Waals surface area contributed by atoms with E-state index in [1.807, 2.05) is 36.4 Å². The third-order valence-electron chi connectivity index (χ3n) is 3.25. The molecule has 0 bridgehead atoms. The molecule has 0 aromatic heterocycles. The topological polar surface area (TPSA) is 46.6 Å². The first-order valence-corrected chi connectivity index (χ1v) is 6.43. The molecule has 0 atom stereocenters. The van der Waals surface area contributed by atoms with Crippen molar-refractivity contribution in [2.75, 3.05) is 20.7 Å². The van der Waals surface area contributed by atoms with Crippen LogP contribution in [-0.2, 0) is 9.53 Å². The zero-order chi connectivity index (χ0) is 14.5. The number of carbonyl (C=O) groups excluding carboxylic acids is 2. The molecule has 0 aliphatic heterocycles. The van der Waals surface area contributed by atoms with Gasteiger partial charge in [-0.05, 0) is 16.8 Å². The molecule has 0 aliphatic carbocycles. The van der Waals surface area contributed by atoms with E-state index in [1.54, 1.807) is 18.0 Å². The minimum atomic E-state index is -0.317. The van der Waals surface area contributed by atoms with E-state index < -0.39 is 0 Å². The first-order chi connectivity index (χ1) is 9.63. The van der Waals surface area contributed by atoms with Crippen molar-refractivity contribution in [2.24, 2.45) is 0 Å². The van der Waals surface area contributed by atoms with Gasteiger partial charge in [-0.1, -0.05) is 36.4 Å². The number of methoxy groups -OCH3 is 1. The number of rotatable bonds is 4. The van der Waals surface area contributed by atoms with Gasteiger partial charge < -0.3 is 9.64 Å². The smallest absolute Gasteiger partial charge is 0.307 e. The molecule has 0 N–H and O–H groups in total. The summed E-state index contributed by atoms with van der Waals surface area (Å²) < 4.78 is 4.58. The first kappa shape index (κ1) is 14.1. The first-order valence-electron chi connectivity index (χ1n) is 6.43. The van der Waals surface area contributed by atoms with E-state index in [-0.39, 0.29) is 18.3 Å². The minimum absolute atomic E-state index is 0.0919. The highest BCUT2D eigenvalue weighted by Gasteiger charge is 2.15. The lowest BCUT2D eigenvalue weighted by molar-refractivity contribution is -0.140. The minimum Gasteiger partial charge on any atom is -0.469 e. The molecular formula is C16H17NO3. The monoisotopic (exact) mass is 271 g/mol. The second kappa shape index (κ2) is 6.19. The molecule has 2 aromatic rings. The van der Waals surface area contributed by atoms with Crippen LogP contribution in [0, 0.1) is 0 Å². The van der Waals surface area contributed by atoms with Gasteiger partial charge in [-0.3, -0.25) is 9.59 Å². The Kier molecular flexibility index (Phi) is 4.35. The molecule has 0 radical (unpaired) electrons. The van der Waals surface area contributed by atoms with E-state index in [0.29, 0.717) is 12.1 Å². The Bertz CT molecular complexity index is 631. The Balaban J connectivity index is 2.21. The molecule has 4 nitrogen and oxygen atoms in total. The van der Waals surface area contributed by atoms with Crippen LogP contribution in [0.5, 0.6) is 0 Å². The lowest BCUT2D eigenvalue weighted by atomic mass is 10.0. The Morgan fingerprint density at radius 1 is 1.10 bits per heavy atom. The summed E-state index contributed by atoms with van der Waals surface area (Å²) in [5.74, 6) is -0.409. The van der Waals surface area contributed by atoms with Gasteiger partial charge in [0.25, 0.3) is 5.91 Å². The molecule has 0 unspecified atom stereocenters. The van der Waals surface area contributed by atoms with E-state index in [2.05, 4.69) is 4.74 Å². The molecule has 4 heteroatoms. The lowest BCUT2D eigenvalue weighted by Crippen LogP contribution is -2.29. The third-order valence-corrected chi connectivity index (χ3v) is 3.25. The van der Waals surface area contributed by atoms with Crippen molar-refractivity contribution in [1.82, 2.24) is 4.90 Å². The van der Waals surface area contributed by atoms with Gasteiger partial charge in [0.2, 0.25) is 0 Å². The number of hydrogen-bond donors (Lipinski definition) is 0. The molecule has 0 spiro atoms. The predicted molar refractivity (Wildman–Crippen MR) is 77.5 cm³/mol. The second-order valence-electron chi connectivity index (χ2n) is 4.58.